The molecule has 0 aliphatic carbocycles. The molecule has 1 aromatic heterocycles. The van der Waals surface area contributed by atoms with Gasteiger partial charge in [0.15, 0.2) is 6.61 Å². The molecule has 0 atom stereocenters. The molecule has 2 heterocycles. The lowest BCUT2D eigenvalue weighted by molar-refractivity contribution is -0.123. The average molecular weight is 373 g/mol. The lowest BCUT2D eigenvalue weighted by Crippen LogP contribution is -2.33. The molecule has 27 heavy (non-hydrogen) atoms. The fourth-order valence-electron chi connectivity index (χ4n) is 2.85. The van der Waals surface area contributed by atoms with Crippen LogP contribution in [0.15, 0.2) is 30.3 Å². The van der Waals surface area contributed by atoms with Crippen molar-refractivity contribution in [3.05, 3.63) is 41.8 Å². The zero-order chi connectivity index (χ0) is 19.1. The Morgan fingerprint density at radius 3 is 2.67 bits per heavy atom. The second-order valence-corrected chi connectivity index (χ2v) is 6.40. The SMILES string of the molecule is Cc1cc(N2CCCC2)nc(NCCNC(=O)COc2ccc(F)cc2)n1. The molecule has 0 radical (unpaired) electrons. The van der Waals surface area contributed by atoms with Gasteiger partial charge in [-0.3, -0.25) is 4.79 Å². The monoisotopic (exact) mass is 373 g/mol. The maximum atomic E-state index is 12.8. The molecule has 1 aromatic carbocycles. The topological polar surface area (TPSA) is 79.4 Å². The van der Waals surface area contributed by atoms with Crippen molar-refractivity contribution >= 4 is 17.7 Å². The number of rotatable bonds is 8. The molecule has 8 heteroatoms. The van der Waals surface area contributed by atoms with Gasteiger partial charge < -0.3 is 20.3 Å². The van der Waals surface area contributed by atoms with Gasteiger partial charge >= 0.3 is 0 Å². The summed E-state index contributed by atoms with van der Waals surface area (Å²) in [6.07, 6.45) is 2.38. The molecule has 0 unspecified atom stereocenters. The minimum atomic E-state index is -0.343. The largest absolute Gasteiger partial charge is 0.484 e. The Kier molecular flexibility index (Phi) is 6.40. The smallest absolute Gasteiger partial charge is 0.258 e. The van der Waals surface area contributed by atoms with Gasteiger partial charge in [0.1, 0.15) is 17.4 Å². The van der Waals surface area contributed by atoms with E-state index in [0.29, 0.717) is 24.8 Å². The molecule has 7 nitrogen and oxygen atoms in total. The van der Waals surface area contributed by atoms with Crippen LogP contribution in [0.2, 0.25) is 0 Å². The number of halogens is 1. The standard InChI is InChI=1S/C19H24FN5O2/c1-14-12-17(25-10-2-3-11-25)24-19(23-14)22-9-8-21-18(26)13-27-16-6-4-15(20)5-7-16/h4-7,12H,2-3,8-11,13H2,1H3,(H,21,26)(H,22,23,24). The second kappa shape index (κ2) is 9.16. The third-order valence-electron chi connectivity index (χ3n) is 4.18. The number of ether oxygens (including phenoxy) is 1. The second-order valence-electron chi connectivity index (χ2n) is 6.40. The van der Waals surface area contributed by atoms with Crippen molar-refractivity contribution in [1.82, 2.24) is 15.3 Å². The van der Waals surface area contributed by atoms with Crippen LogP contribution < -0.4 is 20.3 Å². The molecule has 0 spiro atoms. The highest BCUT2D eigenvalue weighted by molar-refractivity contribution is 5.77. The molecule has 0 saturated carbocycles. The number of carbonyl (C=O) groups excluding carboxylic acids is 1. The number of nitrogens with zero attached hydrogens (tertiary/aromatic N) is 3. The summed E-state index contributed by atoms with van der Waals surface area (Å²) < 4.78 is 18.1. The molecule has 2 N–H and O–H groups in total. The van der Waals surface area contributed by atoms with Crippen molar-refractivity contribution in [3.8, 4) is 5.75 Å². The first kappa shape index (κ1) is 18.9. The van der Waals surface area contributed by atoms with Gasteiger partial charge in [-0.2, -0.15) is 4.98 Å². The van der Waals surface area contributed by atoms with Crippen LogP contribution >= 0.6 is 0 Å². The highest BCUT2D eigenvalue weighted by atomic mass is 19.1. The first-order valence-corrected chi connectivity index (χ1v) is 9.10. The Hall–Kier alpha value is -2.90. The number of aryl methyl sites for hydroxylation is 1. The van der Waals surface area contributed by atoms with E-state index in [-0.39, 0.29) is 18.3 Å². The van der Waals surface area contributed by atoms with Crippen molar-refractivity contribution in [2.24, 2.45) is 0 Å². The average Bonchev–Trinajstić information content (AvgIpc) is 3.19. The number of carbonyl (C=O) groups is 1. The number of amides is 1. The lowest BCUT2D eigenvalue weighted by atomic mass is 10.3. The van der Waals surface area contributed by atoms with E-state index in [1.165, 1.54) is 37.1 Å². The zero-order valence-electron chi connectivity index (χ0n) is 15.4. The van der Waals surface area contributed by atoms with Gasteiger partial charge in [0.05, 0.1) is 0 Å². The van der Waals surface area contributed by atoms with E-state index >= 15 is 0 Å². The summed E-state index contributed by atoms with van der Waals surface area (Å²) in [5.41, 5.74) is 0.908. The Morgan fingerprint density at radius 2 is 1.93 bits per heavy atom. The van der Waals surface area contributed by atoms with Crippen LogP contribution in [0.5, 0.6) is 5.75 Å². The van der Waals surface area contributed by atoms with Gasteiger partial charge in [-0.1, -0.05) is 0 Å². The van der Waals surface area contributed by atoms with E-state index in [2.05, 4.69) is 25.5 Å². The van der Waals surface area contributed by atoms with E-state index in [0.717, 1.165) is 24.6 Å². The van der Waals surface area contributed by atoms with Crippen LogP contribution in [-0.4, -0.2) is 48.7 Å². The van der Waals surface area contributed by atoms with E-state index in [1.54, 1.807) is 0 Å². The normalized spacial score (nSPS) is 13.5. The molecular weight excluding hydrogens is 349 g/mol. The van der Waals surface area contributed by atoms with Crippen LogP contribution in [0.4, 0.5) is 16.2 Å². The van der Waals surface area contributed by atoms with Crippen molar-refractivity contribution in [2.75, 3.05) is 43.0 Å². The quantitative estimate of drug-likeness (QED) is 0.690. The molecule has 144 valence electrons. The van der Waals surface area contributed by atoms with E-state index in [9.17, 15) is 9.18 Å². The number of nitrogens with one attached hydrogen (secondary N) is 2. The molecule has 1 amide bonds. The molecule has 1 saturated heterocycles. The number of hydrogen-bond donors (Lipinski definition) is 2. The third-order valence-corrected chi connectivity index (χ3v) is 4.18. The summed E-state index contributed by atoms with van der Waals surface area (Å²) in [7, 11) is 0. The Balaban J connectivity index is 1.39. The van der Waals surface area contributed by atoms with E-state index in [4.69, 9.17) is 4.74 Å². The number of benzene rings is 1. The van der Waals surface area contributed by atoms with Crippen molar-refractivity contribution in [3.63, 3.8) is 0 Å². The van der Waals surface area contributed by atoms with Gasteiger partial charge in [0, 0.05) is 37.9 Å². The summed E-state index contributed by atoms with van der Waals surface area (Å²) >= 11 is 0. The highest BCUT2D eigenvalue weighted by Crippen LogP contribution is 2.19. The summed E-state index contributed by atoms with van der Waals surface area (Å²) in [4.78, 5) is 23.0. The van der Waals surface area contributed by atoms with Gasteiger partial charge in [0.25, 0.3) is 5.91 Å². The van der Waals surface area contributed by atoms with Crippen molar-refractivity contribution in [2.45, 2.75) is 19.8 Å². The minimum Gasteiger partial charge on any atom is -0.484 e. The van der Waals surface area contributed by atoms with E-state index < -0.39 is 0 Å². The molecule has 3 rings (SSSR count). The third kappa shape index (κ3) is 5.80. The van der Waals surface area contributed by atoms with Crippen LogP contribution in [0.1, 0.15) is 18.5 Å². The van der Waals surface area contributed by atoms with Crippen molar-refractivity contribution in [1.29, 1.82) is 0 Å². The highest BCUT2D eigenvalue weighted by Gasteiger charge is 2.15. The van der Waals surface area contributed by atoms with Crippen molar-refractivity contribution < 1.29 is 13.9 Å². The minimum absolute atomic E-state index is 0.119. The Bertz CT molecular complexity index is 763. The molecule has 1 aliphatic rings. The van der Waals surface area contributed by atoms with Gasteiger partial charge in [0.2, 0.25) is 5.95 Å². The molecular formula is C19H24FN5O2. The number of anilines is 2. The summed E-state index contributed by atoms with van der Waals surface area (Å²) in [5, 5.41) is 5.89. The molecule has 0 bridgehead atoms. The first-order valence-electron chi connectivity index (χ1n) is 9.10. The van der Waals surface area contributed by atoms with Crippen LogP contribution in [0.3, 0.4) is 0 Å². The van der Waals surface area contributed by atoms with Gasteiger partial charge in [-0.05, 0) is 44.0 Å². The maximum Gasteiger partial charge on any atom is 0.258 e. The fourth-order valence-corrected chi connectivity index (χ4v) is 2.85. The van der Waals surface area contributed by atoms with Crippen LogP contribution in [0, 0.1) is 12.7 Å². The van der Waals surface area contributed by atoms with Gasteiger partial charge in [-0.25, -0.2) is 9.37 Å². The van der Waals surface area contributed by atoms with Gasteiger partial charge in [-0.15, -0.1) is 0 Å². The van der Waals surface area contributed by atoms with Crippen LogP contribution in [-0.2, 0) is 4.79 Å². The summed E-state index contributed by atoms with van der Waals surface area (Å²) in [6, 6.07) is 7.53. The fraction of sp³-hybridized carbons (Fsp3) is 0.421. The summed E-state index contributed by atoms with van der Waals surface area (Å²) in [5.74, 6) is 1.37. The van der Waals surface area contributed by atoms with Crippen LogP contribution in [0.25, 0.3) is 0 Å². The zero-order valence-corrected chi connectivity index (χ0v) is 15.4. The Labute approximate surface area is 158 Å². The predicted molar refractivity (Wildman–Crippen MR) is 102 cm³/mol. The molecule has 1 fully saturated rings. The summed E-state index contributed by atoms with van der Waals surface area (Å²) in [6.45, 7) is 4.81. The molecule has 1 aliphatic heterocycles. The van der Waals surface area contributed by atoms with E-state index in [1.807, 2.05) is 13.0 Å². The lowest BCUT2D eigenvalue weighted by Gasteiger charge is -2.17. The predicted octanol–water partition coefficient (Wildman–Crippen LogP) is 2.13. The maximum absolute atomic E-state index is 12.8. The Morgan fingerprint density at radius 1 is 1.19 bits per heavy atom. The molecule has 2 aromatic rings. The first-order chi connectivity index (χ1) is 13.1. The number of hydrogen-bond acceptors (Lipinski definition) is 6. The number of aromatic nitrogens is 2.